The molecule has 0 atom stereocenters. The second kappa shape index (κ2) is 25.2. The van der Waals surface area contributed by atoms with E-state index in [0.717, 1.165) is 6.42 Å². The molecule has 0 aromatic rings. The molecule has 0 rings (SSSR count). The van der Waals surface area contributed by atoms with Gasteiger partial charge in [0.15, 0.2) is 0 Å². The number of aliphatic hydroxyl groups is 1. The van der Waals surface area contributed by atoms with Gasteiger partial charge in [0.2, 0.25) is 0 Å². The molecule has 150 valence electrons. The van der Waals surface area contributed by atoms with E-state index >= 15 is 0 Å². The Hall–Kier alpha value is -1.03. The van der Waals surface area contributed by atoms with E-state index in [1.165, 1.54) is 97.7 Å². The van der Waals surface area contributed by atoms with Crippen LogP contribution >= 0.6 is 0 Å². The van der Waals surface area contributed by atoms with Crippen molar-refractivity contribution in [3.63, 3.8) is 0 Å². The molecule has 0 spiro atoms. The third-order valence-corrected chi connectivity index (χ3v) is 4.00. The molecule has 0 aliphatic carbocycles. The zero-order chi connectivity index (χ0) is 19.0. The molecule has 0 aromatic heterocycles. The number of hydrogen-bond donors (Lipinski definition) is 1. The first kappa shape index (κ1) is 26.2. The van der Waals surface area contributed by atoms with Crippen LogP contribution in [-0.4, -0.2) is 32.1 Å². The highest BCUT2D eigenvalue weighted by molar-refractivity contribution is 5.59. The molecule has 0 unspecified atom stereocenters. The summed E-state index contributed by atoms with van der Waals surface area (Å²) >= 11 is 0. The minimum Gasteiger partial charge on any atom is -0.438 e. The summed E-state index contributed by atoms with van der Waals surface area (Å²) in [4.78, 5) is 9.74. The lowest BCUT2D eigenvalue weighted by Gasteiger charge is -1.99. The molecule has 0 heterocycles. The van der Waals surface area contributed by atoms with E-state index < -0.39 is 6.16 Å². The molecule has 0 saturated carbocycles. The number of ether oxygens (including phenoxy) is 2. The average molecular weight is 359 g/mol. The van der Waals surface area contributed by atoms with Crippen molar-refractivity contribution in [1.29, 1.82) is 0 Å². The predicted molar refractivity (Wildman–Crippen MR) is 106 cm³/mol. The first-order valence-corrected chi connectivity index (χ1v) is 10.1. The lowest BCUT2D eigenvalue weighted by atomic mass is 10.1. The highest BCUT2D eigenvalue weighted by Crippen LogP contribution is 2.09. The molecule has 4 heteroatoms. The van der Waals surface area contributed by atoms with Gasteiger partial charge in [0, 0.05) is 6.61 Å². The van der Waals surface area contributed by atoms with Crippen molar-refractivity contribution in [2.75, 3.05) is 20.8 Å². The summed E-state index contributed by atoms with van der Waals surface area (Å²) in [6.45, 7) is 2.64. The van der Waals surface area contributed by atoms with Crippen LogP contribution in [0.3, 0.4) is 0 Å². The van der Waals surface area contributed by atoms with Crippen molar-refractivity contribution >= 4 is 6.16 Å². The van der Waals surface area contributed by atoms with Crippen molar-refractivity contribution in [2.45, 2.75) is 96.8 Å². The van der Waals surface area contributed by atoms with Crippen LogP contribution in [0.4, 0.5) is 4.79 Å². The normalized spacial score (nSPS) is 10.4. The summed E-state index contributed by atoms with van der Waals surface area (Å²) in [5.74, 6) is 0. The number of carbonyl (C=O) groups is 1. The van der Waals surface area contributed by atoms with E-state index in [9.17, 15) is 4.79 Å². The average Bonchev–Trinajstić information content (AvgIpc) is 2.64. The van der Waals surface area contributed by atoms with E-state index in [1.54, 1.807) is 0 Å². The molecule has 0 aromatic carbocycles. The molecule has 0 saturated heterocycles. The molecule has 25 heavy (non-hydrogen) atoms. The van der Waals surface area contributed by atoms with Gasteiger partial charge >= 0.3 is 6.16 Å². The van der Waals surface area contributed by atoms with E-state index in [2.05, 4.69) is 28.5 Å². The van der Waals surface area contributed by atoms with Crippen molar-refractivity contribution in [3.05, 3.63) is 12.2 Å². The molecule has 0 amide bonds. The highest BCUT2D eigenvalue weighted by atomic mass is 16.7. The SMILES string of the molecule is CCCCCCCC/C=C\CCCCCCCCO.COC(=O)OC. The Morgan fingerprint density at radius 2 is 1.12 bits per heavy atom. The van der Waals surface area contributed by atoms with Gasteiger partial charge in [0.1, 0.15) is 0 Å². The Kier molecular flexibility index (Phi) is 26.4. The lowest BCUT2D eigenvalue weighted by Crippen LogP contribution is -1.97. The monoisotopic (exact) mass is 358 g/mol. The minimum atomic E-state index is -0.657. The van der Waals surface area contributed by atoms with Crippen LogP contribution in [0, 0.1) is 0 Å². The van der Waals surface area contributed by atoms with E-state index in [-0.39, 0.29) is 0 Å². The van der Waals surface area contributed by atoms with E-state index in [4.69, 9.17) is 5.11 Å². The fraction of sp³-hybridized carbons (Fsp3) is 0.857. The molecule has 0 radical (unpaired) electrons. The number of hydrogen-bond acceptors (Lipinski definition) is 4. The van der Waals surface area contributed by atoms with Gasteiger partial charge < -0.3 is 14.6 Å². The summed E-state index contributed by atoms with van der Waals surface area (Å²) in [6, 6.07) is 0. The van der Waals surface area contributed by atoms with Crippen molar-refractivity contribution < 1.29 is 19.4 Å². The first-order valence-electron chi connectivity index (χ1n) is 10.1. The van der Waals surface area contributed by atoms with Gasteiger partial charge in [-0.05, 0) is 32.1 Å². The van der Waals surface area contributed by atoms with Crippen LogP contribution in [-0.2, 0) is 9.47 Å². The van der Waals surface area contributed by atoms with Crippen LogP contribution < -0.4 is 0 Å². The molecule has 1 N–H and O–H groups in total. The third-order valence-electron chi connectivity index (χ3n) is 4.00. The van der Waals surface area contributed by atoms with Crippen LogP contribution in [0.15, 0.2) is 12.2 Å². The number of methoxy groups -OCH3 is 2. The summed E-state index contributed by atoms with van der Waals surface area (Å²) in [5, 5.41) is 8.66. The first-order chi connectivity index (χ1) is 12.2. The van der Waals surface area contributed by atoms with Crippen molar-refractivity contribution in [1.82, 2.24) is 0 Å². The number of carbonyl (C=O) groups excluding carboxylic acids is 1. The Balaban J connectivity index is 0. The van der Waals surface area contributed by atoms with E-state index in [1.807, 2.05) is 0 Å². The van der Waals surface area contributed by atoms with Gasteiger partial charge in [0.25, 0.3) is 0 Å². The summed E-state index contributed by atoms with van der Waals surface area (Å²) in [6.07, 6.45) is 22.5. The maximum Gasteiger partial charge on any atom is 0.507 e. The molecule has 4 nitrogen and oxygen atoms in total. The third kappa shape index (κ3) is 28.1. The zero-order valence-electron chi connectivity index (χ0n) is 16.9. The maximum atomic E-state index is 9.74. The Morgan fingerprint density at radius 3 is 1.48 bits per heavy atom. The molecular formula is C21H42O4. The molecule has 0 aliphatic rings. The van der Waals surface area contributed by atoms with Crippen molar-refractivity contribution in [3.8, 4) is 0 Å². The molecule has 0 fully saturated rings. The number of unbranched alkanes of at least 4 members (excludes halogenated alkanes) is 12. The highest BCUT2D eigenvalue weighted by Gasteiger charge is 1.90. The fourth-order valence-corrected chi connectivity index (χ4v) is 2.44. The van der Waals surface area contributed by atoms with Crippen molar-refractivity contribution in [2.24, 2.45) is 0 Å². The Morgan fingerprint density at radius 1 is 0.720 bits per heavy atom. The smallest absolute Gasteiger partial charge is 0.438 e. The molecule has 0 bridgehead atoms. The Labute approximate surface area is 156 Å². The van der Waals surface area contributed by atoms with Gasteiger partial charge in [-0.15, -0.1) is 0 Å². The lowest BCUT2D eigenvalue weighted by molar-refractivity contribution is 0.0924. The van der Waals surface area contributed by atoms with Gasteiger partial charge in [-0.2, -0.15) is 0 Å². The number of rotatable bonds is 15. The topological polar surface area (TPSA) is 55.8 Å². The largest absolute Gasteiger partial charge is 0.507 e. The van der Waals surface area contributed by atoms with E-state index in [0.29, 0.717) is 6.61 Å². The molecular weight excluding hydrogens is 316 g/mol. The summed E-state index contributed by atoms with van der Waals surface area (Å²) in [7, 11) is 2.51. The Bertz CT molecular complexity index is 271. The minimum absolute atomic E-state index is 0.362. The van der Waals surface area contributed by atoms with Gasteiger partial charge in [-0.25, -0.2) is 4.79 Å². The second-order valence-electron chi connectivity index (χ2n) is 6.32. The zero-order valence-corrected chi connectivity index (χ0v) is 16.9. The standard InChI is InChI=1S/C18H36O.C3H6O3/c1-2-3-4-5-6-7-8-9-10-11-12-13-14-15-16-17-18-19;1-5-3(4)6-2/h9-10,19H,2-8,11-18H2,1H3;1-2H3/b10-9-;. The summed E-state index contributed by atoms with van der Waals surface area (Å²) < 4.78 is 8.08. The predicted octanol–water partition coefficient (Wildman–Crippen LogP) is 6.42. The van der Waals surface area contributed by atoms with Crippen LogP contribution in [0.1, 0.15) is 96.8 Å². The van der Waals surface area contributed by atoms with Crippen LogP contribution in [0.5, 0.6) is 0 Å². The second-order valence-corrected chi connectivity index (χ2v) is 6.32. The maximum absolute atomic E-state index is 9.74. The van der Waals surface area contributed by atoms with Crippen LogP contribution in [0.25, 0.3) is 0 Å². The van der Waals surface area contributed by atoms with Gasteiger partial charge in [-0.1, -0.05) is 76.9 Å². The number of aliphatic hydroxyl groups excluding tert-OH is 1. The molecule has 0 aliphatic heterocycles. The fourth-order valence-electron chi connectivity index (χ4n) is 2.44. The number of allylic oxidation sites excluding steroid dienone is 2. The summed E-state index contributed by atoms with van der Waals surface area (Å²) in [5.41, 5.74) is 0. The van der Waals surface area contributed by atoms with Crippen LogP contribution in [0.2, 0.25) is 0 Å². The quantitative estimate of drug-likeness (QED) is 0.209. The van der Waals surface area contributed by atoms with Gasteiger partial charge in [0.05, 0.1) is 14.2 Å². The van der Waals surface area contributed by atoms with Gasteiger partial charge in [-0.3, -0.25) is 0 Å².